The van der Waals surface area contributed by atoms with Crippen LogP contribution in [0.5, 0.6) is 0 Å². The van der Waals surface area contributed by atoms with Crippen molar-refractivity contribution in [1.82, 2.24) is 15.0 Å². The molecule has 162 valence electrons. The lowest BCUT2D eigenvalue weighted by Gasteiger charge is -2.38. The molecule has 3 N–H and O–H groups in total. The molecule has 0 radical (unpaired) electrons. The standard InChI is InChI=1S/C21H24N6O3S/c1-14-4-5-17-16(9-14)18(24-11-21(22)12-30-13-21)26-20(25-17)27-7-8-31(28,29)19-15(10-27)3-2-6-23-19/h2-6,9H,7-8,10-13,22H2,1H3,(H,24,25,26). The van der Waals surface area contributed by atoms with E-state index in [1.54, 1.807) is 12.1 Å². The van der Waals surface area contributed by atoms with Crippen LogP contribution in [0.15, 0.2) is 41.6 Å². The molecule has 10 heteroatoms. The van der Waals surface area contributed by atoms with Crippen LogP contribution >= 0.6 is 0 Å². The maximum atomic E-state index is 12.7. The Labute approximate surface area is 180 Å². The van der Waals surface area contributed by atoms with Crippen LogP contribution in [-0.4, -0.2) is 61.0 Å². The first-order chi connectivity index (χ1) is 14.8. The SMILES string of the molecule is Cc1ccc2nc(N3CCS(=O)(=O)c4ncccc4C3)nc(NCC3(N)COC3)c2c1. The van der Waals surface area contributed by atoms with Crippen molar-refractivity contribution in [2.75, 3.05) is 42.3 Å². The highest BCUT2D eigenvalue weighted by molar-refractivity contribution is 7.91. The molecular formula is C21H24N6O3S. The third-order valence-electron chi connectivity index (χ3n) is 5.64. The van der Waals surface area contributed by atoms with Gasteiger partial charge < -0.3 is 20.7 Å². The van der Waals surface area contributed by atoms with Crippen molar-refractivity contribution in [2.24, 2.45) is 5.73 Å². The summed E-state index contributed by atoms with van der Waals surface area (Å²) in [5, 5.41) is 4.42. The van der Waals surface area contributed by atoms with Gasteiger partial charge in [-0.2, -0.15) is 4.98 Å². The normalized spacial score (nSPS) is 19.4. The van der Waals surface area contributed by atoms with Crippen LogP contribution in [0.2, 0.25) is 0 Å². The second kappa shape index (κ2) is 7.40. The number of sulfone groups is 1. The van der Waals surface area contributed by atoms with Crippen LogP contribution in [0.3, 0.4) is 0 Å². The molecule has 0 bridgehead atoms. The molecule has 0 unspecified atom stereocenters. The first-order valence-corrected chi connectivity index (χ1v) is 11.8. The Bertz CT molecular complexity index is 1260. The van der Waals surface area contributed by atoms with E-state index in [-0.39, 0.29) is 17.3 Å². The molecule has 1 fully saturated rings. The molecule has 0 spiro atoms. The highest BCUT2D eigenvalue weighted by Gasteiger charge is 2.34. The third-order valence-corrected chi connectivity index (χ3v) is 7.32. The van der Waals surface area contributed by atoms with E-state index in [0.717, 1.165) is 16.5 Å². The number of nitrogens with two attached hydrogens (primary N) is 1. The van der Waals surface area contributed by atoms with Gasteiger partial charge in [-0.05, 0) is 25.1 Å². The minimum atomic E-state index is -3.46. The number of ether oxygens (including phenoxy) is 1. The fourth-order valence-electron chi connectivity index (χ4n) is 3.84. The van der Waals surface area contributed by atoms with Crippen LogP contribution in [0.1, 0.15) is 11.1 Å². The fourth-order valence-corrected chi connectivity index (χ4v) is 5.25. The van der Waals surface area contributed by atoms with E-state index in [1.165, 1.54) is 6.20 Å². The first-order valence-electron chi connectivity index (χ1n) is 10.1. The van der Waals surface area contributed by atoms with E-state index in [9.17, 15) is 8.42 Å². The number of pyridine rings is 1. The highest BCUT2D eigenvalue weighted by atomic mass is 32.2. The molecule has 4 heterocycles. The van der Waals surface area contributed by atoms with E-state index in [2.05, 4.69) is 10.3 Å². The molecule has 2 aliphatic rings. The molecule has 2 aromatic heterocycles. The first kappa shape index (κ1) is 20.1. The summed E-state index contributed by atoms with van der Waals surface area (Å²) in [7, 11) is -3.46. The minimum Gasteiger partial charge on any atom is -0.377 e. The van der Waals surface area contributed by atoms with Crippen molar-refractivity contribution in [3.63, 3.8) is 0 Å². The van der Waals surface area contributed by atoms with Gasteiger partial charge in [0.15, 0.2) is 14.9 Å². The highest BCUT2D eigenvalue weighted by Crippen LogP contribution is 2.28. The van der Waals surface area contributed by atoms with Crippen LogP contribution in [0.4, 0.5) is 11.8 Å². The largest absolute Gasteiger partial charge is 0.377 e. The Hall–Kier alpha value is -2.82. The summed E-state index contributed by atoms with van der Waals surface area (Å²) < 4.78 is 30.6. The predicted molar refractivity (Wildman–Crippen MR) is 118 cm³/mol. The maximum Gasteiger partial charge on any atom is 0.228 e. The number of anilines is 2. The topological polar surface area (TPSA) is 123 Å². The second-order valence-corrected chi connectivity index (χ2v) is 10.3. The Morgan fingerprint density at radius 2 is 2.10 bits per heavy atom. The van der Waals surface area contributed by atoms with Crippen molar-refractivity contribution in [3.8, 4) is 0 Å². The summed E-state index contributed by atoms with van der Waals surface area (Å²) in [5.74, 6) is 1.11. The maximum absolute atomic E-state index is 12.7. The van der Waals surface area contributed by atoms with Gasteiger partial charge in [-0.25, -0.2) is 18.4 Å². The van der Waals surface area contributed by atoms with Crippen molar-refractivity contribution in [3.05, 3.63) is 47.7 Å². The van der Waals surface area contributed by atoms with Crippen LogP contribution in [-0.2, 0) is 21.1 Å². The number of fused-ring (bicyclic) bond motifs is 2. The Kier molecular flexibility index (Phi) is 4.80. The van der Waals surface area contributed by atoms with Crippen LogP contribution in [0, 0.1) is 6.92 Å². The molecule has 3 aromatic rings. The van der Waals surface area contributed by atoms with Gasteiger partial charge in [-0.15, -0.1) is 0 Å². The van der Waals surface area contributed by atoms with Gasteiger partial charge in [0.05, 0.1) is 30.0 Å². The average Bonchev–Trinajstić information content (AvgIpc) is 2.87. The lowest BCUT2D eigenvalue weighted by molar-refractivity contribution is -0.0461. The Balaban J connectivity index is 1.54. The number of nitrogens with zero attached hydrogens (tertiary/aromatic N) is 4. The summed E-state index contributed by atoms with van der Waals surface area (Å²) in [6.07, 6.45) is 1.51. The summed E-state index contributed by atoms with van der Waals surface area (Å²) in [6.45, 7) is 4.20. The molecular weight excluding hydrogens is 416 g/mol. The number of rotatable bonds is 4. The van der Waals surface area contributed by atoms with Gasteiger partial charge in [0.2, 0.25) is 5.95 Å². The molecule has 1 saturated heterocycles. The summed E-state index contributed by atoms with van der Waals surface area (Å²) in [6, 6.07) is 9.52. The molecule has 5 rings (SSSR count). The zero-order chi connectivity index (χ0) is 21.6. The van der Waals surface area contributed by atoms with Gasteiger partial charge in [0, 0.05) is 36.8 Å². The molecule has 1 aromatic carbocycles. The zero-order valence-electron chi connectivity index (χ0n) is 17.2. The van der Waals surface area contributed by atoms with Crippen molar-refractivity contribution in [1.29, 1.82) is 0 Å². The molecule has 0 atom stereocenters. The van der Waals surface area contributed by atoms with Gasteiger partial charge in [0.25, 0.3) is 0 Å². The average molecular weight is 441 g/mol. The zero-order valence-corrected chi connectivity index (χ0v) is 18.0. The van der Waals surface area contributed by atoms with Crippen molar-refractivity contribution < 1.29 is 13.2 Å². The summed E-state index contributed by atoms with van der Waals surface area (Å²) in [4.78, 5) is 15.5. The van der Waals surface area contributed by atoms with Gasteiger partial charge in [-0.3, -0.25) is 0 Å². The lowest BCUT2D eigenvalue weighted by Crippen LogP contribution is -2.61. The van der Waals surface area contributed by atoms with E-state index in [4.69, 9.17) is 20.4 Å². The summed E-state index contributed by atoms with van der Waals surface area (Å²) >= 11 is 0. The van der Waals surface area contributed by atoms with Gasteiger partial charge >= 0.3 is 0 Å². The van der Waals surface area contributed by atoms with Crippen LogP contribution < -0.4 is 16.0 Å². The number of hydrogen-bond donors (Lipinski definition) is 2. The van der Waals surface area contributed by atoms with Gasteiger partial charge in [0.1, 0.15) is 5.82 Å². The molecule has 2 aliphatic heterocycles. The molecule has 31 heavy (non-hydrogen) atoms. The molecule has 9 nitrogen and oxygen atoms in total. The van der Waals surface area contributed by atoms with E-state index < -0.39 is 15.4 Å². The third kappa shape index (κ3) is 3.82. The summed E-state index contributed by atoms with van der Waals surface area (Å²) in [5.41, 5.74) is 8.41. The molecule has 0 aliphatic carbocycles. The van der Waals surface area contributed by atoms with Gasteiger partial charge in [-0.1, -0.05) is 17.7 Å². The Morgan fingerprint density at radius 1 is 1.26 bits per heavy atom. The monoisotopic (exact) mass is 440 g/mol. The number of aromatic nitrogens is 3. The van der Waals surface area contributed by atoms with Crippen LogP contribution in [0.25, 0.3) is 10.9 Å². The number of aryl methyl sites for hydroxylation is 1. The van der Waals surface area contributed by atoms with E-state index in [0.29, 0.717) is 43.6 Å². The predicted octanol–water partition coefficient (Wildman–Crippen LogP) is 1.27. The van der Waals surface area contributed by atoms with E-state index >= 15 is 0 Å². The quantitative estimate of drug-likeness (QED) is 0.617. The molecule has 0 amide bonds. The number of benzene rings is 1. The fraction of sp³-hybridized carbons (Fsp3) is 0.381. The van der Waals surface area contributed by atoms with E-state index in [1.807, 2.05) is 30.0 Å². The smallest absolute Gasteiger partial charge is 0.228 e. The minimum absolute atomic E-state index is 0.0433. The number of hydrogen-bond acceptors (Lipinski definition) is 9. The second-order valence-electron chi connectivity index (χ2n) is 8.31. The molecule has 0 saturated carbocycles. The number of nitrogens with one attached hydrogen (secondary N) is 1. The Morgan fingerprint density at radius 3 is 2.87 bits per heavy atom. The lowest BCUT2D eigenvalue weighted by atomic mass is 9.99. The van der Waals surface area contributed by atoms with Crippen molar-refractivity contribution >= 4 is 32.5 Å². The van der Waals surface area contributed by atoms with Crippen molar-refractivity contribution in [2.45, 2.75) is 24.0 Å².